The lowest BCUT2D eigenvalue weighted by Crippen LogP contribution is -2.37. The van der Waals surface area contributed by atoms with Gasteiger partial charge in [-0.15, -0.1) is 11.3 Å². The number of amides is 1. The summed E-state index contributed by atoms with van der Waals surface area (Å²) in [6.45, 7) is 4.12. The first-order valence-corrected chi connectivity index (χ1v) is 11.5. The number of thiophene rings is 1. The van der Waals surface area contributed by atoms with Crippen molar-refractivity contribution in [3.05, 3.63) is 46.2 Å². The average molecular weight is 410 g/mol. The van der Waals surface area contributed by atoms with Crippen LogP contribution in [-0.2, 0) is 16.6 Å². The number of hydrogen-bond acceptors (Lipinski definition) is 5. The highest BCUT2D eigenvalue weighted by Gasteiger charge is 2.24. The van der Waals surface area contributed by atoms with Crippen LogP contribution in [0.25, 0.3) is 0 Å². The molecule has 0 aliphatic rings. The monoisotopic (exact) mass is 409 g/mol. The fourth-order valence-electron chi connectivity index (χ4n) is 2.80. The molecular weight excluding hydrogens is 382 g/mol. The fraction of sp³-hybridized carbons (Fsp3) is 0.421. The highest BCUT2D eigenvalue weighted by Crippen LogP contribution is 2.27. The highest BCUT2D eigenvalue weighted by molar-refractivity contribution is 7.88. The van der Waals surface area contributed by atoms with E-state index in [4.69, 9.17) is 0 Å². The number of sulfonamides is 1. The summed E-state index contributed by atoms with van der Waals surface area (Å²) in [4.78, 5) is 14.9. The molecule has 0 fully saturated rings. The minimum absolute atomic E-state index is 0.112. The van der Waals surface area contributed by atoms with E-state index in [0.717, 1.165) is 17.7 Å². The molecule has 0 aliphatic carbocycles. The lowest BCUT2D eigenvalue weighted by molar-refractivity contribution is 0.103. The number of nitrogens with one attached hydrogen (secondary N) is 1. The Morgan fingerprint density at radius 2 is 1.96 bits per heavy atom. The van der Waals surface area contributed by atoms with Crippen LogP contribution in [0.3, 0.4) is 0 Å². The van der Waals surface area contributed by atoms with Gasteiger partial charge in [-0.2, -0.15) is 4.31 Å². The zero-order chi connectivity index (χ0) is 20.2. The Morgan fingerprint density at radius 1 is 1.26 bits per heavy atom. The Labute approximate surface area is 165 Å². The Bertz CT molecular complexity index is 878. The third-order valence-electron chi connectivity index (χ3n) is 4.40. The minimum atomic E-state index is -3.36. The summed E-state index contributed by atoms with van der Waals surface area (Å²) in [5.41, 5.74) is 2.40. The summed E-state index contributed by atoms with van der Waals surface area (Å²) in [6, 6.07) is 9.06. The lowest BCUT2D eigenvalue weighted by atomic mass is 10.1. The Balaban J connectivity index is 2.36. The van der Waals surface area contributed by atoms with E-state index in [1.54, 1.807) is 6.07 Å². The zero-order valence-electron chi connectivity index (χ0n) is 16.4. The number of carbonyl (C=O) groups is 1. The van der Waals surface area contributed by atoms with Crippen LogP contribution >= 0.6 is 11.3 Å². The van der Waals surface area contributed by atoms with Gasteiger partial charge in [0.1, 0.15) is 0 Å². The maximum Gasteiger partial charge on any atom is 0.265 e. The van der Waals surface area contributed by atoms with E-state index in [1.165, 1.54) is 21.9 Å². The summed E-state index contributed by atoms with van der Waals surface area (Å²) in [7, 11) is 0.468. The minimum Gasteiger partial charge on any atom is -0.377 e. The van der Waals surface area contributed by atoms with Gasteiger partial charge in [0.25, 0.3) is 5.91 Å². The molecule has 148 valence electrons. The quantitative estimate of drug-likeness (QED) is 0.723. The van der Waals surface area contributed by atoms with Gasteiger partial charge < -0.3 is 10.2 Å². The van der Waals surface area contributed by atoms with Crippen LogP contribution in [0.5, 0.6) is 0 Å². The van der Waals surface area contributed by atoms with E-state index < -0.39 is 10.0 Å². The topological polar surface area (TPSA) is 69.7 Å². The number of rotatable bonds is 8. The summed E-state index contributed by atoms with van der Waals surface area (Å²) in [5.74, 6) is -0.171. The van der Waals surface area contributed by atoms with E-state index in [2.05, 4.69) is 5.32 Å². The van der Waals surface area contributed by atoms with Crippen molar-refractivity contribution in [3.63, 3.8) is 0 Å². The van der Waals surface area contributed by atoms with Crippen molar-refractivity contribution in [3.8, 4) is 0 Å². The Kier molecular flexibility index (Phi) is 7.02. The van der Waals surface area contributed by atoms with Crippen molar-refractivity contribution >= 4 is 38.6 Å². The molecule has 0 unspecified atom stereocenters. The summed E-state index contributed by atoms with van der Waals surface area (Å²) in [5, 5.41) is 4.74. The number of anilines is 2. The molecule has 1 aromatic heterocycles. The fourth-order valence-corrected chi connectivity index (χ4v) is 4.59. The molecule has 1 N–H and O–H groups in total. The maximum absolute atomic E-state index is 12.3. The van der Waals surface area contributed by atoms with E-state index in [0.29, 0.717) is 10.6 Å². The Morgan fingerprint density at radius 3 is 2.48 bits per heavy atom. The average Bonchev–Trinajstić information content (AvgIpc) is 3.12. The highest BCUT2D eigenvalue weighted by atomic mass is 32.2. The third kappa shape index (κ3) is 5.54. The molecule has 1 aromatic carbocycles. The van der Waals surface area contributed by atoms with Gasteiger partial charge in [-0.1, -0.05) is 13.0 Å². The van der Waals surface area contributed by atoms with Crippen LogP contribution in [0, 0.1) is 0 Å². The first kappa shape index (κ1) is 21.4. The normalized spacial score (nSPS) is 12.8. The molecule has 0 radical (unpaired) electrons. The van der Waals surface area contributed by atoms with Crippen molar-refractivity contribution in [2.24, 2.45) is 0 Å². The van der Waals surface area contributed by atoms with Gasteiger partial charge >= 0.3 is 0 Å². The summed E-state index contributed by atoms with van der Waals surface area (Å²) < 4.78 is 26.1. The number of benzene rings is 1. The van der Waals surface area contributed by atoms with E-state index in [-0.39, 0.29) is 18.5 Å². The predicted octanol–water partition coefficient (Wildman–Crippen LogP) is 3.63. The van der Waals surface area contributed by atoms with E-state index in [9.17, 15) is 13.2 Å². The van der Waals surface area contributed by atoms with Gasteiger partial charge in [-0.05, 0) is 48.6 Å². The molecule has 1 heterocycles. The number of carbonyl (C=O) groups excluding carboxylic acids is 1. The van der Waals surface area contributed by atoms with Crippen molar-refractivity contribution < 1.29 is 13.2 Å². The smallest absolute Gasteiger partial charge is 0.265 e. The van der Waals surface area contributed by atoms with Crippen LogP contribution < -0.4 is 10.2 Å². The molecule has 0 saturated carbocycles. The van der Waals surface area contributed by atoms with Crippen LogP contribution in [0.15, 0.2) is 35.7 Å². The van der Waals surface area contributed by atoms with Crippen molar-refractivity contribution in [1.82, 2.24) is 4.31 Å². The van der Waals surface area contributed by atoms with E-state index >= 15 is 0 Å². The molecule has 0 bridgehead atoms. The number of hydrogen-bond donors (Lipinski definition) is 1. The molecule has 8 heteroatoms. The molecule has 0 saturated heterocycles. The molecule has 0 aliphatic heterocycles. The van der Waals surface area contributed by atoms with Gasteiger partial charge in [0, 0.05) is 38.1 Å². The van der Waals surface area contributed by atoms with Gasteiger partial charge in [-0.3, -0.25) is 4.79 Å². The zero-order valence-corrected chi connectivity index (χ0v) is 18.0. The SMILES string of the molecule is CC[C@H](C)N(Cc1cc(NC(=O)c2cccs2)ccc1N(C)C)S(C)(=O)=O. The van der Waals surface area contributed by atoms with Gasteiger partial charge in [0.15, 0.2) is 0 Å². The molecular formula is C19H27N3O3S2. The molecule has 2 aromatic rings. The molecule has 1 atom stereocenters. The first-order valence-electron chi connectivity index (χ1n) is 8.75. The number of nitrogens with zero attached hydrogens (tertiary/aromatic N) is 2. The predicted molar refractivity (Wildman–Crippen MR) is 113 cm³/mol. The molecule has 0 spiro atoms. The van der Waals surface area contributed by atoms with Gasteiger partial charge in [0.05, 0.1) is 11.1 Å². The third-order valence-corrected chi connectivity index (χ3v) is 6.61. The summed E-state index contributed by atoms with van der Waals surface area (Å²) in [6.07, 6.45) is 1.95. The Hall–Kier alpha value is -1.90. The maximum atomic E-state index is 12.3. The second-order valence-electron chi connectivity index (χ2n) is 6.73. The van der Waals surface area contributed by atoms with Crippen LogP contribution in [0.2, 0.25) is 0 Å². The van der Waals surface area contributed by atoms with Crippen molar-refractivity contribution in [2.45, 2.75) is 32.9 Å². The van der Waals surface area contributed by atoms with Crippen LogP contribution in [0.4, 0.5) is 11.4 Å². The molecule has 2 rings (SSSR count). The molecule has 27 heavy (non-hydrogen) atoms. The first-order chi connectivity index (χ1) is 12.6. The largest absolute Gasteiger partial charge is 0.377 e. The van der Waals surface area contributed by atoms with Gasteiger partial charge in [-0.25, -0.2) is 8.42 Å². The summed E-state index contributed by atoms with van der Waals surface area (Å²) >= 11 is 1.38. The molecule has 1 amide bonds. The second-order valence-corrected chi connectivity index (χ2v) is 9.62. The molecule has 6 nitrogen and oxygen atoms in total. The van der Waals surface area contributed by atoms with Crippen molar-refractivity contribution in [2.75, 3.05) is 30.6 Å². The second kappa shape index (κ2) is 8.86. The van der Waals surface area contributed by atoms with Crippen LogP contribution in [0.1, 0.15) is 35.5 Å². The van der Waals surface area contributed by atoms with E-state index in [1.807, 2.05) is 62.5 Å². The van der Waals surface area contributed by atoms with Gasteiger partial charge in [0.2, 0.25) is 10.0 Å². The van der Waals surface area contributed by atoms with Crippen molar-refractivity contribution in [1.29, 1.82) is 0 Å². The standard InChI is InChI=1S/C19H27N3O3S2/c1-6-14(2)22(27(5,24)25)13-15-12-16(9-10-17(15)21(3)4)20-19(23)18-8-7-11-26-18/h7-12,14H,6,13H2,1-5H3,(H,20,23)/t14-/m0/s1. The van der Waals surface area contributed by atoms with Crippen LogP contribution in [-0.4, -0.2) is 45.0 Å². The lowest BCUT2D eigenvalue weighted by Gasteiger charge is -2.28.